The zero-order chi connectivity index (χ0) is 24.1. The Morgan fingerprint density at radius 3 is 2.03 bits per heavy atom. The molecule has 3 nitrogen and oxygen atoms in total. The molecule has 1 aliphatic rings. The molecule has 1 aromatic heterocycles. The second kappa shape index (κ2) is 14.2. The molecule has 184 valence electrons. The first-order valence-electron chi connectivity index (χ1n) is 14.0. The molecule has 1 fully saturated rings. The van der Waals surface area contributed by atoms with Gasteiger partial charge in [-0.05, 0) is 62.0 Å². The minimum Gasteiger partial charge on any atom is -0.236 e. The molecule has 1 aromatic carbocycles. The molecule has 0 N–H and O–H groups in total. The fourth-order valence-electron chi connectivity index (χ4n) is 5.46. The summed E-state index contributed by atoms with van der Waals surface area (Å²) in [6.45, 7) is 4.51. The van der Waals surface area contributed by atoms with Gasteiger partial charge in [-0.15, -0.1) is 0 Å². The van der Waals surface area contributed by atoms with Crippen LogP contribution in [0.2, 0.25) is 0 Å². The molecule has 1 aliphatic carbocycles. The van der Waals surface area contributed by atoms with Crippen LogP contribution in [0.25, 0.3) is 11.4 Å². The lowest BCUT2D eigenvalue weighted by molar-refractivity contribution is 0.223. The first kappa shape index (κ1) is 26.4. The Balaban J connectivity index is 1.47. The van der Waals surface area contributed by atoms with Gasteiger partial charge in [-0.25, -0.2) is 9.97 Å². The first-order chi connectivity index (χ1) is 16.7. The van der Waals surface area contributed by atoms with Crippen LogP contribution in [0.4, 0.5) is 0 Å². The van der Waals surface area contributed by atoms with Crippen molar-refractivity contribution in [3.8, 4) is 17.5 Å². The molecule has 0 bridgehead atoms. The zero-order valence-corrected chi connectivity index (χ0v) is 21.7. The van der Waals surface area contributed by atoms with Gasteiger partial charge in [0.25, 0.3) is 0 Å². The van der Waals surface area contributed by atoms with E-state index in [1.165, 1.54) is 75.3 Å². The maximum atomic E-state index is 9.93. The van der Waals surface area contributed by atoms with Crippen molar-refractivity contribution in [1.82, 2.24) is 9.97 Å². The molecule has 0 atom stereocenters. The van der Waals surface area contributed by atoms with Crippen molar-refractivity contribution in [2.24, 2.45) is 5.41 Å². The Kier molecular flexibility index (Phi) is 11.1. The molecular formula is C31H45N3. The monoisotopic (exact) mass is 459 g/mol. The number of hydrogen-bond acceptors (Lipinski definition) is 3. The summed E-state index contributed by atoms with van der Waals surface area (Å²) >= 11 is 0. The van der Waals surface area contributed by atoms with E-state index in [9.17, 15) is 5.26 Å². The molecule has 34 heavy (non-hydrogen) atoms. The fourth-order valence-corrected chi connectivity index (χ4v) is 5.46. The summed E-state index contributed by atoms with van der Waals surface area (Å²) in [6, 6.07) is 11.6. The molecule has 0 saturated heterocycles. The van der Waals surface area contributed by atoms with Crippen molar-refractivity contribution >= 4 is 0 Å². The third-order valence-corrected chi connectivity index (χ3v) is 7.85. The van der Waals surface area contributed by atoms with Crippen LogP contribution in [0, 0.1) is 16.7 Å². The summed E-state index contributed by atoms with van der Waals surface area (Å²) in [5, 5.41) is 9.93. The van der Waals surface area contributed by atoms with Crippen molar-refractivity contribution in [3.63, 3.8) is 0 Å². The van der Waals surface area contributed by atoms with E-state index in [4.69, 9.17) is 0 Å². The van der Waals surface area contributed by atoms with Crippen molar-refractivity contribution in [1.29, 1.82) is 5.26 Å². The highest BCUT2D eigenvalue weighted by Gasteiger charge is 2.35. The first-order valence-corrected chi connectivity index (χ1v) is 14.0. The lowest BCUT2D eigenvalue weighted by Crippen LogP contribution is -2.25. The minimum absolute atomic E-state index is 0.0761. The average Bonchev–Trinajstić information content (AvgIpc) is 2.89. The predicted molar refractivity (Wildman–Crippen MR) is 143 cm³/mol. The van der Waals surface area contributed by atoms with Crippen LogP contribution in [0.3, 0.4) is 0 Å². The van der Waals surface area contributed by atoms with Crippen LogP contribution in [0.15, 0.2) is 36.7 Å². The summed E-state index contributed by atoms with van der Waals surface area (Å²) in [7, 11) is 0. The maximum absolute atomic E-state index is 9.93. The highest BCUT2D eigenvalue weighted by molar-refractivity contribution is 5.55. The van der Waals surface area contributed by atoms with E-state index in [0.29, 0.717) is 5.92 Å². The largest absolute Gasteiger partial charge is 0.236 e. The number of nitriles is 1. The lowest BCUT2D eigenvalue weighted by atomic mass is 9.67. The van der Waals surface area contributed by atoms with Gasteiger partial charge in [0, 0.05) is 18.0 Å². The van der Waals surface area contributed by atoms with E-state index in [-0.39, 0.29) is 5.41 Å². The van der Waals surface area contributed by atoms with Gasteiger partial charge in [-0.3, -0.25) is 0 Å². The van der Waals surface area contributed by atoms with Crippen LogP contribution in [0.5, 0.6) is 0 Å². The van der Waals surface area contributed by atoms with E-state index >= 15 is 0 Å². The summed E-state index contributed by atoms with van der Waals surface area (Å²) in [5.41, 5.74) is 3.65. The van der Waals surface area contributed by atoms with Gasteiger partial charge in [0.05, 0.1) is 11.5 Å². The molecule has 0 amide bonds. The van der Waals surface area contributed by atoms with E-state index in [1.807, 2.05) is 12.4 Å². The molecule has 1 saturated carbocycles. The zero-order valence-electron chi connectivity index (χ0n) is 21.7. The Bertz CT molecular complexity index is 855. The molecule has 1 heterocycles. The fraction of sp³-hybridized carbons (Fsp3) is 0.645. The molecule has 0 radical (unpaired) electrons. The molecule has 2 aromatic rings. The highest BCUT2D eigenvalue weighted by Crippen LogP contribution is 2.45. The van der Waals surface area contributed by atoms with Crippen molar-refractivity contribution < 1.29 is 0 Å². The standard InChI is InChI=1S/C31H45N3/c1-3-5-7-9-10-12-20-31(25-32)21-18-28(19-22-31)27-14-16-29(17-15-27)30-33-23-26(24-34-30)13-11-8-6-4-2/h14-17,23-24,28H,3-13,18-22H2,1-2H3. The smallest absolute Gasteiger partial charge is 0.159 e. The number of aromatic nitrogens is 2. The second-order valence-electron chi connectivity index (χ2n) is 10.5. The molecular weight excluding hydrogens is 414 g/mol. The van der Waals surface area contributed by atoms with E-state index < -0.39 is 0 Å². The maximum Gasteiger partial charge on any atom is 0.159 e. The number of unbranched alkanes of at least 4 members (excludes halogenated alkanes) is 8. The number of rotatable bonds is 14. The van der Waals surface area contributed by atoms with Crippen LogP contribution >= 0.6 is 0 Å². The number of hydrogen-bond donors (Lipinski definition) is 0. The van der Waals surface area contributed by atoms with Crippen molar-refractivity contribution in [3.05, 3.63) is 47.8 Å². The van der Waals surface area contributed by atoms with Crippen LogP contribution in [-0.2, 0) is 6.42 Å². The van der Waals surface area contributed by atoms with Gasteiger partial charge in [-0.2, -0.15) is 5.26 Å². The Morgan fingerprint density at radius 1 is 0.824 bits per heavy atom. The van der Waals surface area contributed by atoms with Gasteiger partial charge in [0.15, 0.2) is 5.82 Å². The van der Waals surface area contributed by atoms with Crippen molar-refractivity contribution in [2.45, 2.75) is 122 Å². The Labute approximate surface area is 208 Å². The van der Waals surface area contributed by atoms with E-state index in [0.717, 1.165) is 49.9 Å². The van der Waals surface area contributed by atoms with Gasteiger partial charge in [0.1, 0.15) is 0 Å². The van der Waals surface area contributed by atoms with Gasteiger partial charge in [0.2, 0.25) is 0 Å². The quantitative estimate of drug-likeness (QED) is 0.264. The molecule has 0 aliphatic heterocycles. The van der Waals surface area contributed by atoms with Crippen LogP contribution in [-0.4, -0.2) is 9.97 Å². The average molecular weight is 460 g/mol. The Hall–Kier alpha value is -2.21. The molecule has 3 rings (SSSR count). The minimum atomic E-state index is -0.0761. The third-order valence-electron chi connectivity index (χ3n) is 7.85. The van der Waals surface area contributed by atoms with Gasteiger partial charge in [-0.1, -0.05) is 95.9 Å². The van der Waals surface area contributed by atoms with Crippen LogP contribution in [0.1, 0.15) is 127 Å². The van der Waals surface area contributed by atoms with E-state index in [1.54, 1.807) is 0 Å². The molecule has 3 heteroatoms. The highest BCUT2D eigenvalue weighted by atomic mass is 14.9. The molecule has 0 unspecified atom stereocenters. The SMILES string of the molecule is CCCCCCCCC1(C#N)CCC(c2ccc(-c3ncc(CCCCCC)cn3)cc2)CC1. The third kappa shape index (κ3) is 7.93. The summed E-state index contributed by atoms with van der Waals surface area (Å²) in [6.07, 6.45) is 23.4. The summed E-state index contributed by atoms with van der Waals surface area (Å²) < 4.78 is 0. The summed E-state index contributed by atoms with van der Waals surface area (Å²) in [5.74, 6) is 1.39. The van der Waals surface area contributed by atoms with E-state index in [2.05, 4.69) is 54.2 Å². The van der Waals surface area contributed by atoms with Gasteiger partial charge < -0.3 is 0 Å². The number of nitrogens with zero attached hydrogens (tertiary/aromatic N) is 3. The molecule has 0 spiro atoms. The second-order valence-corrected chi connectivity index (χ2v) is 10.5. The predicted octanol–water partition coefficient (Wildman–Crippen LogP) is 9.18. The number of benzene rings is 1. The van der Waals surface area contributed by atoms with Crippen LogP contribution < -0.4 is 0 Å². The van der Waals surface area contributed by atoms with Gasteiger partial charge >= 0.3 is 0 Å². The Morgan fingerprint density at radius 2 is 1.41 bits per heavy atom. The number of aryl methyl sites for hydroxylation is 1. The normalized spacial score (nSPS) is 20.2. The summed E-state index contributed by atoms with van der Waals surface area (Å²) in [4.78, 5) is 9.25. The topological polar surface area (TPSA) is 49.6 Å². The lowest BCUT2D eigenvalue weighted by Gasteiger charge is -2.35. The van der Waals surface area contributed by atoms with Crippen molar-refractivity contribution in [2.75, 3.05) is 0 Å².